The topological polar surface area (TPSA) is 58.6 Å². The third-order valence-electron chi connectivity index (χ3n) is 4.75. The lowest BCUT2D eigenvalue weighted by Gasteiger charge is -2.29. The Hall–Kier alpha value is -2.82. The SMILES string of the molecule is CC(NC(=O)COc1ccc(-c2ccccc2)cc1)C(=O)N1CCCCC1. The van der Waals surface area contributed by atoms with Crippen molar-refractivity contribution in [3.8, 4) is 16.9 Å². The maximum atomic E-state index is 12.4. The summed E-state index contributed by atoms with van der Waals surface area (Å²) < 4.78 is 5.55. The zero-order chi connectivity index (χ0) is 19.1. The number of hydrogen-bond donors (Lipinski definition) is 1. The molecule has 0 saturated carbocycles. The summed E-state index contributed by atoms with van der Waals surface area (Å²) >= 11 is 0. The number of likely N-dealkylation sites (tertiary alicyclic amines) is 1. The molecule has 1 heterocycles. The van der Waals surface area contributed by atoms with Crippen molar-refractivity contribution < 1.29 is 14.3 Å². The highest BCUT2D eigenvalue weighted by Crippen LogP contribution is 2.22. The maximum Gasteiger partial charge on any atom is 0.258 e. The van der Waals surface area contributed by atoms with Crippen LogP contribution >= 0.6 is 0 Å². The summed E-state index contributed by atoms with van der Waals surface area (Å²) in [5.41, 5.74) is 2.22. The van der Waals surface area contributed by atoms with E-state index < -0.39 is 6.04 Å². The first-order valence-corrected chi connectivity index (χ1v) is 9.50. The predicted octanol–water partition coefficient (Wildman–Crippen LogP) is 3.25. The number of hydrogen-bond acceptors (Lipinski definition) is 3. The number of carbonyl (C=O) groups is 2. The molecule has 0 bridgehead atoms. The van der Waals surface area contributed by atoms with Crippen LogP contribution in [0.15, 0.2) is 54.6 Å². The van der Waals surface area contributed by atoms with Crippen molar-refractivity contribution >= 4 is 11.8 Å². The number of benzene rings is 2. The number of nitrogens with one attached hydrogen (secondary N) is 1. The van der Waals surface area contributed by atoms with Crippen molar-refractivity contribution in [1.82, 2.24) is 10.2 Å². The molecular weight excluding hydrogens is 340 g/mol. The molecule has 1 N–H and O–H groups in total. The van der Waals surface area contributed by atoms with E-state index >= 15 is 0 Å². The summed E-state index contributed by atoms with van der Waals surface area (Å²) in [6.07, 6.45) is 3.24. The Morgan fingerprint density at radius 2 is 1.59 bits per heavy atom. The fourth-order valence-corrected chi connectivity index (χ4v) is 3.26. The van der Waals surface area contributed by atoms with Crippen LogP contribution in [0.1, 0.15) is 26.2 Å². The molecule has 27 heavy (non-hydrogen) atoms. The zero-order valence-corrected chi connectivity index (χ0v) is 15.7. The first-order chi connectivity index (χ1) is 13.1. The van der Waals surface area contributed by atoms with E-state index in [1.807, 2.05) is 59.5 Å². The minimum atomic E-state index is -0.528. The highest BCUT2D eigenvalue weighted by Gasteiger charge is 2.23. The molecule has 142 valence electrons. The van der Waals surface area contributed by atoms with Gasteiger partial charge in [0.1, 0.15) is 11.8 Å². The largest absolute Gasteiger partial charge is 0.484 e. The van der Waals surface area contributed by atoms with E-state index in [-0.39, 0.29) is 18.4 Å². The normalized spacial score (nSPS) is 15.1. The Kier molecular flexibility index (Phi) is 6.47. The van der Waals surface area contributed by atoms with Crippen LogP contribution in [0.5, 0.6) is 5.75 Å². The monoisotopic (exact) mass is 366 g/mol. The van der Waals surface area contributed by atoms with E-state index in [2.05, 4.69) is 5.32 Å². The van der Waals surface area contributed by atoms with Crippen LogP contribution in [-0.4, -0.2) is 42.5 Å². The van der Waals surface area contributed by atoms with Gasteiger partial charge in [0.05, 0.1) is 0 Å². The summed E-state index contributed by atoms with van der Waals surface area (Å²) in [7, 11) is 0. The molecule has 0 aromatic heterocycles. The Morgan fingerprint density at radius 3 is 2.26 bits per heavy atom. The third-order valence-corrected chi connectivity index (χ3v) is 4.75. The molecule has 2 aromatic carbocycles. The van der Waals surface area contributed by atoms with Crippen molar-refractivity contribution in [3.05, 3.63) is 54.6 Å². The molecule has 0 radical (unpaired) electrons. The molecule has 1 unspecified atom stereocenters. The van der Waals surface area contributed by atoms with Gasteiger partial charge in [-0.1, -0.05) is 42.5 Å². The highest BCUT2D eigenvalue weighted by atomic mass is 16.5. The number of amides is 2. The second-order valence-corrected chi connectivity index (χ2v) is 6.85. The van der Waals surface area contributed by atoms with Crippen molar-refractivity contribution in [2.24, 2.45) is 0 Å². The fraction of sp³-hybridized carbons (Fsp3) is 0.364. The maximum absolute atomic E-state index is 12.4. The number of ether oxygens (including phenoxy) is 1. The molecule has 0 aliphatic carbocycles. The van der Waals surface area contributed by atoms with Gasteiger partial charge in [-0.2, -0.15) is 0 Å². The first kappa shape index (κ1) is 19.0. The van der Waals surface area contributed by atoms with Gasteiger partial charge in [0.2, 0.25) is 5.91 Å². The number of piperidine rings is 1. The molecule has 1 aliphatic heterocycles. The second kappa shape index (κ2) is 9.21. The van der Waals surface area contributed by atoms with Crippen LogP contribution < -0.4 is 10.1 Å². The predicted molar refractivity (Wildman–Crippen MR) is 105 cm³/mol. The van der Waals surface area contributed by atoms with Crippen molar-refractivity contribution in [1.29, 1.82) is 0 Å². The minimum absolute atomic E-state index is 0.0183. The summed E-state index contributed by atoms with van der Waals surface area (Å²) in [5, 5.41) is 2.73. The molecule has 1 aliphatic rings. The second-order valence-electron chi connectivity index (χ2n) is 6.85. The fourth-order valence-electron chi connectivity index (χ4n) is 3.26. The molecule has 5 heteroatoms. The van der Waals surface area contributed by atoms with Gasteiger partial charge in [-0.3, -0.25) is 9.59 Å². The summed E-state index contributed by atoms with van der Waals surface area (Å²) in [4.78, 5) is 26.3. The smallest absolute Gasteiger partial charge is 0.258 e. The number of rotatable bonds is 6. The van der Waals surface area contributed by atoms with Gasteiger partial charge in [0.15, 0.2) is 6.61 Å². The van der Waals surface area contributed by atoms with E-state index in [4.69, 9.17) is 4.74 Å². The van der Waals surface area contributed by atoms with Crippen LogP contribution in [-0.2, 0) is 9.59 Å². The van der Waals surface area contributed by atoms with E-state index in [9.17, 15) is 9.59 Å². The van der Waals surface area contributed by atoms with Crippen LogP contribution in [0.25, 0.3) is 11.1 Å². The lowest BCUT2D eigenvalue weighted by Crippen LogP contribution is -2.49. The molecule has 1 atom stereocenters. The molecule has 2 aromatic rings. The van der Waals surface area contributed by atoms with Crippen LogP contribution in [0.4, 0.5) is 0 Å². The quantitative estimate of drug-likeness (QED) is 0.854. The standard InChI is InChI=1S/C22H26N2O3/c1-17(22(26)24-14-6-3-7-15-24)23-21(25)16-27-20-12-10-19(11-13-20)18-8-4-2-5-9-18/h2,4-5,8-13,17H,3,6-7,14-16H2,1H3,(H,23,25). The average molecular weight is 366 g/mol. The third kappa shape index (κ3) is 5.33. The molecule has 5 nitrogen and oxygen atoms in total. The van der Waals surface area contributed by atoms with Gasteiger partial charge in [0.25, 0.3) is 5.91 Å². The van der Waals surface area contributed by atoms with Gasteiger partial charge < -0.3 is 15.0 Å². The van der Waals surface area contributed by atoms with Crippen LogP contribution in [0.3, 0.4) is 0 Å². The molecule has 1 saturated heterocycles. The average Bonchev–Trinajstić information content (AvgIpc) is 2.73. The van der Waals surface area contributed by atoms with Crippen molar-refractivity contribution in [3.63, 3.8) is 0 Å². The van der Waals surface area contributed by atoms with E-state index in [0.29, 0.717) is 5.75 Å². The van der Waals surface area contributed by atoms with Crippen molar-refractivity contribution in [2.75, 3.05) is 19.7 Å². The Labute approximate surface area is 160 Å². The molecular formula is C22H26N2O3. The van der Waals surface area contributed by atoms with Gasteiger partial charge in [-0.25, -0.2) is 0 Å². The molecule has 1 fully saturated rings. The molecule has 2 amide bonds. The van der Waals surface area contributed by atoms with Gasteiger partial charge in [-0.15, -0.1) is 0 Å². The Bertz CT molecular complexity index is 753. The lowest BCUT2D eigenvalue weighted by molar-refractivity contribution is -0.137. The lowest BCUT2D eigenvalue weighted by atomic mass is 10.1. The van der Waals surface area contributed by atoms with Gasteiger partial charge >= 0.3 is 0 Å². The Morgan fingerprint density at radius 1 is 0.963 bits per heavy atom. The number of carbonyl (C=O) groups excluding carboxylic acids is 2. The summed E-state index contributed by atoms with van der Waals surface area (Å²) in [5.74, 6) is 0.315. The van der Waals surface area contributed by atoms with E-state index in [1.54, 1.807) is 6.92 Å². The summed E-state index contributed by atoms with van der Waals surface area (Å²) in [6, 6.07) is 17.2. The highest BCUT2D eigenvalue weighted by molar-refractivity contribution is 5.87. The van der Waals surface area contributed by atoms with Crippen LogP contribution in [0, 0.1) is 0 Å². The summed E-state index contributed by atoms with van der Waals surface area (Å²) in [6.45, 7) is 3.18. The van der Waals surface area contributed by atoms with Crippen molar-refractivity contribution in [2.45, 2.75) is 32.2 Å². The van der Waals surface area contributed by atoms with E-state index in [1.165, 1.54) is 6.42 Å². The van der Waals surface area contributed by atoms with Crippen LogP contribution in [0.2, 0.25) is 0 Å². The molecule has 3 rings (SSSR count). The minimum Gasteiger partial charge on any atom is -0.484 e. The van der Waals surface area contributed by atoms with Gasteiger partial charge in [-0.05, 0) is 49.4 Å². The molecule has 0 spiro atoms. The number of nitrogens with zero attached hydrogens (tertiary/aromatic N) is 1. The van der Waals surface area contributed by atoms with Gasteiger partial charge in [0, 0.05) is 13.1 Å². The van der Waals surface area contributed by atoms with E-state index in [0.717, 1.165) is 37.1 Å². The first-order valence-electron chi connectivity index (χ1n) is 9.50. The zero-order valence-electron chi connectivity index (χ0n) is 15.7. The Balaban J connectivity index is 1.46.